The van der Waals surface area contributed by atoms with Crippen LogP contribution in [0, 0.1) is 16.0 Å². The Labute approximate surface area is 367 Å². The van der Waals surface area contributed by atoms with Crippen molar-refractivity contribution in [3.63, 3.8) is 0 Å². The number of piperidine rings is 1. The molecule has 0 unspecified atom stereocenters. The number of aliphatic hydroxyl groups excluding tert-OH is 1. The lowest BCUT2D eigenvalue weighted by Gasteiger charge is -2.39. The van der Waals surface area contributed by atoms with Crippen molar-refractivity contribution in [3.05, 3.63) is 130 Å². The molecule has 9 rings (SSSR count). The summed E-state index contributed by atoms with van der Waals surface area (Å²) in [6.45, 7) is 9.12. The van der Waals surface area contributed by atoms with Crippen LogP contribution in [0.25, 0.3) is 0 Å². The highest BCUT2D eigenvalue weighted by atomic mass is 28.3. The zero-order chi connectivity index (χ0) is 44.1. The van der Waals surface area contributed by atoms with Gasteiger partial charge in [-0.1, -0.05) is 72.9 Å². The topological polar surface area (TPSA) is 168 Å². The summed E-state index contributed by atoms with van der Waals surface area (Å²) in [5.41, 5.74) is 1.87. The van der Waals surface area contributed by atoms with Crippen LogP contribution in [-0.2, 0) is 39.4 Å². The standard InChI is InChI=1S/C47H54N8O7Si/c1-32-43(63(3,4)39-16-14-38(61-2)15-17-39)42(19-25-51-30-34(20-26-56)49-50-51)62-47(32)40-28-37(55(59)60)13-18-41(40)52(45(47)58)29-33-9-8-12-36(27-33)53-31-54(35-10-6-5-7-11-35)46(44(53)57)21-23-48-24-22-46/h5-18,27-28,30,32,42-43,48,56H,19-26,29,31H2,1-4H3/t32-,42+,43-,47+/m1/s1. The number of nitro groups is 1. The first kappa shape index (κ1) is 42.4. The zero-order valence-corrected chi connectivity index (χ0v) is 37.1. The van der Waals surface area contributed by atoms with Crippen molar-refractivity contribution in [3.8, 4) is 5.75 Å². The molecule has 0 saturated carbocycles. The van der Waals surface area contributed by atoms with Gasteiger partial charge in [-0.2, -0.15) is 0 Å². The maximum atomic E-state index is 15.6. The Morgan fingerprint density at radius 2 is 1.71 bits per heavy atom. The van der Waals surface area contributed by atoms with E-state index in [0.717, 1.165) is 35.8 Å². The Balaban J connectivity index is 1.08. The van der Waals surface area contributed by atoms with Crippen molar-refractivity contribution in [2.75, 3.05) is 48.2 Å². The van der Waals surface area contributed by atoms with E-state index in [1.807, 2.05) is 65.7 Å². The summed E-state index contributed by atoms with van der Waals surface area (Å²) in [5.74, 6) is 0.153. The number of non-ortho nitro benzene ring substituents is 1. The second kappa shape index (κ2) is 16.6. The molecule has 328 valence electrons. The minimum Gasteiger partial charge on any atom is -0.497 e. The Morgan fingerprint density at radius 3 is 2.43 bits per heavy atom. The molecule has 3 saturated heterocycles. The number of carbonyl (C=O) groups excluding carboxylic acids is 2. The van der Waals surface area contributed by atoms with Gasteiger partial charge in [0.2, 0.25) is 0 Å². The van der Waals surface area contributed by atoms with Gasteiger partial charge in [0, 0.05) is 60.8 Å². The van der Waals surface area contributed by atoms with Gasteiger partial charge >= 0.3 is 0 Å². The molecule has 16 heteroatoms. The lowest BCUT2D eigenvalue weighted by Crippen LogP contribution is -2.55. The number of nitro benzene ring substituents is 1. The summed E-state index contributed by atoms with van der Waals surface area (Å²) < 4.78 is 14.5. The van der Waals surface area contributed by atoms with E-state index in [1.165, 1.54) is 17.3 Å². The number of aliphatic hydroxyl groups is 1. The number of aryl methyl sites for hydroxylation is 1. The molecule has 0 radical (unpaired) electrons. The van der Waals surface area contributed by atoms with E-state index in [-0.39, 0.29) is 42.1 Å². The van der Waals surface area contributed by atoms with Crippen LogP contribution in [0.2, 0.25) is 18.6 Å². The lowest BCUT2D eigenvalue weighted by molar-refractivity contribution is -0.385. The van der Waals surface area contributed by atoms with E-state index in [0.29, 0.717) is 55.8 Å². The molecule has 63 heavy (non-hydrogen) atoms. The Kier molecular flexibility index (Phi) is 11.2. The summed E-state index contributed by atoms with van der Waals surface area (Å²) in [6.07, 6.45) is 3.67. The smallest absolute Gasteiger partial charge is 0.269 e. The van der Waals surface area contributed by atoms with Crippen LogP contribution in [0.1, 0.15) is 43.0 Å². The predicted octanol–water partition coefficient (Wildman–Crippen LogP) is 5.52. The number of rotatable bonds is 13. The van der Waals surface area contributed by atoms with E-state index in [9.17, 15) is 20.0 Å². The number of benzene rings is 4. The van der Waals surface area contributed by atoms with Crippen LogP contribution in [0.5, 0.6) is 5.75 Å². The highest BCUT2D eigenvalue weighted by Crippen LogP contribution is 2.60. The number of fused-ring (bicyclic) bond motifs is 2. The van der Waals surface area contributed by atoms with Gasteiger partial charge in [-0.3, -0.25) is 29.3 Å². The maximum absolute atomic E-state index is 15.6. The van der Waals surface area contributed by atoms with Crippen LogP contribution in [0.15, 0.2) is 103 Å². The quantitative estimate of drug-likeness (QED) is 0.0870. The summed E-state index contributed by atoms with van der Waals surface area (Å²) in [4.78, 5) is 47.9. The van der Waals surface area contributed by atoms with Crippen LogP contribution in [0.3, 0.4) is 0 Å². The molecule has 5 aromatic rings. The van der Waals surface area contributed by atoms with Crippen molar-refractivity contribution in [1.29, 1.82) is 0 Å². The first-order chi connectivity index (χ1) is 30.4. The lowest BCUT2D eigenvalue weighted by atomic mass is 9.82. The molecule has 15 nitrogen and oxygen atoms in total. The maximum Gasteiger partial charge on any atom is 0.269 e. The number of hydrogen-bond donors (Lipinski definition) is 2. The molecule has 0 aliphatic carbocycles. The molecule has 2 amide bonds. The monoisotopic (exact) mass is 870 g/mol. The molecule has 4 aromatic carbocycles. The third kappa shape index (κ3) is 7.18. The fraction of sp³-hybridized carbons (Fsp3) is 0.404. The van der Waals surface area contributed by atoms with Crippen molar-refractivity contribution < 1.29 is 29.1 Å². The van der Waals surface area contributed by atoms with Crippen LogP contribution in [-0.4, -0.2) is 90.0 Å². The SMILES string of the molecule is COc1ccc([Si](C)(C)[C@H]2[C@H](CCn3cc(CCO)nn3)O[C@@]3(C(=O)N(Cc4cccc(N5CN(c6ccccc6)C6(CCNCC6)C5=O)c4)c4ccc([N+](=O)[O-])cc43)[C@@H]2C)cc1. The number of para-hydroxylation sites is 1. The van der Waals surface area contributed by atoms with E-state index in [4.69, 9.17) is 9.47 Å². The predicted molar refractivity (Wildman–Crippen MR) is 242 cm³/mol. The van der Waals surface area contributed by atoms with Gasteiger partial charge in [0.05, 0.1) is 50.8 Å². The molecule has 5 heterocycles. The molecule has 1 aromatic heterocycles. The number of nitrogens with one attached hydrogen (secondary N) is 1. The van der Waals surface area contributed by atoms with Gasteiger partial charge in [-0.25, -0.2) is 0 Å². The van der Waals surface area contributed by atoms with Crippen molar-refractivity contribution in [2.24, 2.45) is 5.92 Å². The largest absolute Gasteiger partial charge is 0.497 e. The highest BCUT2D eigenvalue weighted by Gasteiger charge is 2.66. The number of aromatic nitrogens is 3. The highest BCUT2D eigenvalue weighted by molar-refractivity contribution is 6.91. The average Bonchev–Trinajstić information content (AvgIpc) is 4.02. The second-order valence-electron chi connectivity index (χ2n) is 17.8. The Bertz CT molecular complexity index is 2510. The van der Waals surface area contributed by atoms with E-state index >= 15 is 4.79 Å². The number of methoxy groups -OCH3 is 1. The van der Waals surface area contributed by atoms with Gasteiger partial charge in [0.25, 0.3) is 17.5 Å². The molecule has 3 fully saturated rings. The minimum atomic E-state index is -2.52. The van der Waals surface area contributed by atoms with Crippen LogP contribution in [0.4, 0.5) is 22.7 Å². The summed E-state index contributed by atoms with van der Waals surface area (Å²) in [5, 5.41) is 35.0. The van der Waals surface area contributed by atoms with Gasteiger partial charge in [0.1, 0.15) is 11.3 Å². The Morgan fingerprint density at radius 1 is 0.968 bits per heavy atom. The molecule has 4 atom stereocenters. The molecule has 2 N–H and O–H groups in total. The minimum absolute atomic E-state index is 0.0372. The first-order valence-corrected chi connectivity index (χ1v) is 24.9. The third-order valence-corrected chi connectivity index (χ3v) is 18.5. The molecule has 4 aliphatic heterocycles. The summed E-state index contributed by atoms with van der Waals surface area (Å²) in [6, 6.07) is 30.7. The van der Waals surface area contributed by atoms with E-state index < -0.39 is 30.2 Å². The second-order valence-corrected chi connectivity index (χ2v) is 22.5. The molecule has 0 bridgehead atoms. The number of carbonyl (C=O) groups is 2. The Hall–Kier alpha value is -5.94. The van der Waals surface area contributed by atoms with Crippen LogP contribution >= 0.6 is 0 Å². The van der Waals surface area contributed by atoms with Crippen LogP contribution < -0.4 is 29.9 Å². The average molecular weight is 871 g/mol. The normalized spacial score (nSPS) is 23.0. The molecule has 2 spiro atoms. The van der Waals surface area contributed by atoms with Gasteiger partial charge in [-0.05, 0) is 85.9 Å². The fourth-order valence-electron chi connectivity index (χ4n) is 11.0. The van der Waals surface area contributed by atoms with Gasteiger partial charge < -0.3 is 29.7 Å². The number of nitrogens with zero attached hydrogens (tertiary/aromatic N) is 7. The molecular formula is C47H54N8O7Si. The number of amides is 2. The fourth-order valence-corrected chi connectivity index (χ4v) is 15.0. The van der Waals surface area contributed by atoms with E-state index in [2.05, 4.69) is 64.8 Å². The molecule has 4 aliphatic rings. The summed E-state index contributed by atoms with van der Waals surface area (Å²) in [7, 11) is -0.876. The number of anilines is 3. The zero-order valence-electron chi connectivity index (χ0n) is 36.1. The first-order valence-electron chi connectivity index (χ1n) is 21.8. The number of hydrogen-bond acceptors (Lipinski definition) is 11. The van der Waals surface area contributed by atoms with Crippen molar-refractivity contribution >= 4 is 47.8 Å². The molecular weight excluding hydrogens is 817 g/mol. The van der Waals surface area contributed by atoms with E-state index in [1.54, 1.807) is 22.8 Å². The van der Waals surface area contributed by atoms with Gasteiger partial charge in [0.15, 0.2) is 5.60 Å². The third-order valence-electron chi connectivity index (χ3n) is 14.1. The van der Waals surface area contributed by atoms with Crippen molar-refractivity contribution in [1.82, 2.24) is 20.3 Å². The number of ether oxygens (including phenoxy) is 2. The van der Waals surface area contributed by atoms with Crippen molar-refractivity contribution in [2.45, 2.75) is 81.6 Å². The summed E-state index contributed by atoms with van der Waals surface area (Å²) >= 11 is 0. The van der Waals surface area contributed by atoms with Gasteiger partial charge in [-0.15, -0.1) is 5.10 Å².